The lowest BCUT2D eigenvalue weighted by Crippen LogP contribution is -2.49. The molecule has 30 heavy (non-hydrogen) atoms. The standard InChI is InChI=1S/C26H35NO3/c1-18-19(2)25-23(20(3)24(18)29-16-21-9-6-5-7-10-21)12-13-26(4,30-25)17-27-14-8-11-22(27)15-28/h5-7,9-10,22,28H,8,11-17H2,1-4H3/t22-,26?/m0/s1. The van der Waals surface area contributed by atoms with Gasteiger partial charge in [-0.05, 0) is 82.2 Å². The van der Waals surface area contributed by atoms with Crippen LogP contribution in [0, 0.1) is 20.8 Å². The zero-order valence-electron chi connectivity index (χ0n) is 18.8. The quantitative estimate of drug-likeness (QED) is 0.749. The molecule has 0 spiro atoms. The van der Waals surface area contributed by atoms with Gasteiger partial charge in [0.2, 0.25) is 0 Å². The van der Waals surface area contributed by atoms with Crippen molar-refractivity contribution in [3.63, 3.8) is 0 Å². The van der Waals surface area contributed by atoms with E-state index < -0.39 is 0 Å². The number of nitrogens with zero attached hydrogens (tertiary/aromatic N) is 1. The minimum absolute atomic E-state index is 0.221. The molecular weight excluding hydrogens is 374 g/mol. The van der Waals surface area contributed by atoms with Crippen molar-refractivity contribution in [2.75, 3.05) is 19.7 Å². The maximum absolute atomic E-state index is 9.69. The minimum atomic E-state index is -0.221. The first-order valence-corrected chi connectivity index (χ1v) is 11.2. The van der Waals surface area contributed by atoms with E-state index >= 15 is 0 Å². The van der Waals surface area contributed by atoms with Gasteiger partial charge in [0.25, 0.3) is 0 Å². The van der Waals surface area contributed by atoms with E-state index in [1.54, 1.807) is 0 Å². The molecule has 4 nitrogen and oxygen atoms in total. The van der Waals surface area contributed by atoms with Gasteiger partial charge in [-0.3, -0.25) is 4.90 Å². The van der Waals surface area contributed by atoms with Gasteiger partial charge in [-0.2, -0.15) is 0 Å². The van der Waals surface area contributed by atoms with Crippen LogP contribution in [-0.4, -0.2) is 41.3 Å². The zero-order chi connectivity index (χ0) is 21.3. The van der Waals surface area contributed by atoms with Crippen molar-refractivity contribution in [1.82, 2.24) is 4.90 Å². The van der Waals surface area contributed by atoms with Gasteiger partial charge in [-0.15, -0.1) is 0 Å². The number of hydrogen-bond donors (Lipinski definition) is 1. The van der Waals surface area contributed by atoms with E-state index in [1.807, 2.05) is 18.2 Å². The number of aliphatic hydroxyl groups is 1. The monoisotopic (exact) mass is 409 g/mol. The fraction of sp³-hybridized carbons (Fsp3) is 0.538. The van der Waals surface area contributed by atoms with Gasteiger partial charge in [-0.1, -0.05) is 30.3 Å². The smallest absolute Gasteiger partial charge is 0.127 e. The van der Waals surface area contributed by atoms with Gasteiger partial charge in [0, 0.05) is 18.2 Å². The van der Waals surface area contributed by atoms with Gasteiger partial charge in [0.05, 0.1) is 6.61 Å². The van der Waals surface area contributed by atoms with E-state index in [1.165, 1.54) is 27.8 Å². The van der Waals surface area contributed by atoms with Crippen molar-refractivity contribution in [1.29, 1.82) is 0 Å². The van der Waals surface area contributed by atoms with Crippen molar-refractivity contribution >= 4 is 0 Å². The van der Waals surface area contributed by atoms with E-state index in [-0.39, 0.29) is 18.2 Å². The lowest BCUT2D eigenvalue weighted by atomic mass is 9.86. The third kappa shape index (κ3) is 4.08. The highest BCUT2D eigenvalue weighted by atomic mass is 16.5. The molecule has 0 aliphatic carbocycles. The first kappa shape index (κ1) is 21.2. The summed E-state index contributed by atoms with van der Waals surface area (Å²) in [7, 11) is 0. The molecule has 2 heterocycles. The lowest BCUT2D eigenvalue weighted by molar-refractivity contribution is 0.0131. The minimum Gasteiger partial charge on any atom is -0.488 e. The lowest BCUT2D eigenvalue weighted by Gasteiger charge is -2.41. The maximum Gasteiger partial charge on any atom is 0.127 e. The molecule has 0 aromatic heterocycles. The molecule has 2 aliphatic rings. The molecule has 0 bridgehead atoms. The third-order valence-corrected chi connectivity index (χ3v) is 7.04. The summed E-state index contributed by atoms with van der Waals surface area (Å²) in [5.41, 5.74) is 5.81. The van der Waals surface area contributed by atoms with Crippen LogP contribution in [0.15, 0.2) is 30.3 Å². The highest BCUT2D eigenvalue weighted by Crippen LogP contribution is 2.44. The largest absolute Gasteiger partial charge is 0.488 e. The normalized spacial score (nSPS) is 23.8. The molecule has 1 saturated heterocycles. The third-order valence-electron chi connectivity index (χ3n) is 7.04. The Balaban J connectivity index is 1.56. The van der Waals surface area contributed by atoms with Gasteiger partial charge in [-0.25, -0.2) is 0 Å². The Kier molecular flexibility index (Phi) is 6.08. The van der Waals surface area contributed by atoms with Crippen LogP contribution in [0.2, 0.25) is 0 Å². The summed E-state index contributed by atoms with van der Waals surface area (Å²) in [6.07, 6.45) is 4.23. The molecule has 1 unspecified atom stereocenters. The average Bonchev–Trinajstić information content (AvgIpc) is 3.19. The fourth-order valence-corrected chi connectivity index (χ4v) is 5.08. The number of aliphatic hydroxyl groups excluding tert-OH is 1. The Morgan fingerprint density at radius 1 is 1.13 bits per heavy atom. The predicted octanol–water partition coefficient (Wildman–Crippen LogP) is 4.73. The Bertz CT molecular complexity index is 895. The first-order valence-electron chi connectivity index (χ1n) is 11.2. The summed E-state index contributed by atoms with van der Waals surface area (Å²) >= 11 is 0. The van der Waals surface area contributed by atoms with E-state index in [9.17, 15) is 5.11 Å². The van der Waals surface area contributed by atoms with Crippen LogP contribution >= 0.6 is 0 Å². The van der Waals surface area contributed by atoms with E-state index in [2.05, 4.69) is 44.7 Å². The molecule has 0 radical (unpaired) electrons. The van der Waals surface area contributed by atoms with E-state index in [0.717, 1.165) is 50.3 Å². The Labute approximate surface area is 180 Å². The fourth-order valence-electron chi connectivity index (χ4n) is 5.08. The molecular formula is C26H35NO3. The molecule has 1 N–H and O–H groups in total. The molecule has 2 aliphatic heterocycles. The summed E-state index contributed by atoms with van der Waals surface area (Å²) in [4.78, 5) is 2.41. The number of fused-ring (bicyclic) bond motifs is 1. The van der Waals surface area contributed by atoms with Crippen molar-refractivity contribution in [3.05, 3.63) is 58.1 Å². The van der Waals surface area contributed by atoms with Crippen molar-refractivity contribution < 1.29 is 14.6 Å². The summed E-state index contributed by atoms with van der Waals surface area (Å²) < 4.78 is 13.0. The van der Waals surface area contributed by atoms with Gasteiger partial charge in [0.15, 0.2) is 0 Å². The maximum atomic E-state index is 9.69. The predicted molar refractivity (Wildman–Crippen MR) is 120 cm³/mol. The van der Waals surface area contributed by atoms with Gasteiger partial charge >= 0.3 is 0 Å². The summed E-state index contributed by atoms with van der Waals surface area (Å²) in [6, 6.07) is 10.6. The average molecular weight is 410 g/mol. The molecule has 1 fully saturated rings. The van der Waals surface area contributed by atoms with Crippen LogP contribution in [0.4, 0.5) is 0 Å². The van der Waals surface area contributed by atoms with Crippen molar-refractivity contribution in [3.8, 4) is 11.5 Å². The highest BCUT2D eigenvalue weighted by Gasteiger charge is 2.38. The number of likely N-dealkylation sites (tertiary alicyclic amines) is 1. The molecule has 162 valence electrons. The van der Waals surface area contributed by atoms with Crippen molar-refractivity contribution in [2.24, 2.45) is 0 Å². The van der Waals surface area contributed by atoms with E-state index in [0.29, 0.717) is 6.61 Å². The van der Waals surface area contributed by atoms with Crippen molar-refractivity contribution in [2.45, 2.75) is 71.6 Å². The molecule has 2 aromatic carbocycles. The van der Waals surface area contributed by atoms with Gasteiger partial charge in [0.1, 0.15) is 23.7 Å². The second-order valence-electron chi connectivity index (χ2n) is 9.29. The summed E-state index contributed by atoms with van der Waals surface area (Å²) in [5.74, 6) is 2.05. The van der Waals surface area contributed by atoms with Crippen LogP contribution in [0.5, 0.6) is 11.5 Å². The molecule has 4 heteroatoms. The number of ether oxygens (including phenoxy) is 2. The molecule has 2 atom stereocenters. The van der Waals surface area contributed by atoms with Crippen LogP contribution in [0.3, 0.4) is 0 Å². The van der Waals surface area contributed by atoms with Crippen LogP contribution < -0.4 is 9.47 Å². The molecule has 2 aromatic rings. The number of benzene rings is 2. The second kappa shape index (κ2) is 8.60. The SMILES string of the molecule is Cc1c(C)c2c(c(C)c1OCc1ccccc1)CCC(C)(CN1CCC[C@H]1CO)O2. The Hall–Kier alpha value is -2.04. The Morgan fingerprint density at radius 2 is 1.90 bits per heavy atom. The van der Waals surface area contributed by atoms with E-state index in [4.69, 9.17) is 9.47 Å². The van der Waals surface area contributed by atoms with Crippen LogP contribution in [0.25, 0.3) is 0 Å². The topological polar surface area (TPSA) is 41.9 Å². The summed E-state index contributed by atoms with van der Waals surface area (Å²) in [6.45, 7) is 11.4. The summed E-state index contributed by atoms with van der Waals surface area (Å²) in [5, 5.41) is 9.69. The highest BCUT2D eigenvalue weighted by molar-refractivity contribution is 5.59. The molecule has 4 rings (SSSR count). The second-order valence-corrected chi connectivity index (χ2v) is 9.29. The molecule has 0 saturated carbocycles. The number of rotatable bonds is 6. The zero-order valence-corrected chi connectivity index (χ0v) is 18.8. The number of hydrogen-bond acceptors (Lipinski definition) is 4. The van der Waals surface area contributed by atoms with Crippen LogP contribution in [0.1, 0.15) is 54.0 Å². The molecule has 0 amide bonds. The van der Waals surface area contributed by atoms with Gasteiger partial charge < -0.3 is 14.6 Å². The Morgan fingerprint density at radius 3 is 2.63 bits per heavy atom. The van der Waals surface area contributed by atoms with Crippen LogP contribution in [-0.2, 0) is 13.0 Å². The first-order chi connectivity index (χ1) is 14.4.